The number of alkyl halides is 1. The summed E-state index contributed by atoms with van der Waals surface area (Å²) in [6.07, 6.45) is -0.0278. The Balaban J connectivity index is 2.32. The van der Waals surface area contributed by atoms with Crippen molar-refractivity contribution in [1.82, 2.24) is 5.32 Å². The molecule has 0 aromatic heterocycles. The van der Waals surface area contributed by atoms with E-state index in [1.807, 2.05) is 24.3 Å². The highest BCUT2D eigenvalue weighted by Crippen LogP contribution is 2.32. The van der Waals surface area contributed by atoms with Crippen LogP contribution < -0.4 is 5.32 Å². The zero-order chi connectivity index (χ0) is 11.6. The van der Waals surface area contributed by atoms with Crippen LogP contribution in [0.4, 0.5) is 4.39 Å². The summed E-state index contributed by atoms with van der Waals surface area (Å²) in [5, 5.41) is 3.26. The normalized spacial score (nSPS) is 22.1. The molecule has 1 aliphatic rings. The minimum Gasteiger partial charge on any atom is -0.371 e. The molecular formula is C13H18FNO. The van der Waals surface area contributed by atoms with Crippen LogP contribution in [0.3, 0.4) is 0 Å². The molecule has 16 heavy (non-hydrogen) atoms. The molecule has 1 fully saturated rings. The summed E-state index contributed by atoms with van der Waals surface area (Å²) < 4.78 is 19.7. The van der Waals surface area contributed by atoms with Crippen molar-refractivity contribution in [3.8, 4) is 0 Å². The van der Waals surface area contributed by atoms with Crippen LogP contribution in [-0.2, 0) is 10.4 Å². The minimum absolute atomic E-state index is 0.0278. The van der Waals surface area contributed by atoms with E-state index in [9.17, 15) is 4.39 Å². The Bertz CT molecular complexity index is 353. The molecule has 2 rings (SSSR count). The van der Waals surface area contributed by atoms with Crippen LogP contribution >= 0.6 is 0 Å². The molecule has 1 saturated heterocycles. The number of rotatable bonds is 2. The van der Waals surface area contributed by atoms with Crippen molar-refractivity contribution in [1.29, 1.82) is 0 Å². The lowest BCUT2D eigenvalue weighted by Gasteiger charge is -2.28. The Hall–Kier alpha value is -0.930. The summed E-state index contributed by atoms with van der Waals surface area (Å²) in [4.78, 5) is 0. The van der Waals surface area contributed by atoms with E-state index in [0.717, 1.165) is 24.2 Å². The lowest BCUT2D eigenvalue weighted by Crippen LogP contribution is -2.34. The lowest BCUT2D eigenvalue weighted by molar-refractivity contribution is 0.0253. The largest absolute Gasteiger partial charge is 0.371 e. The van der Waals surface area contributed by atoms with Gasteiger partial charge in [0, 0.05) is 13.1 Å². The van der Waals surface area contributed by atoms with Crippen molar-refractivity contribution < 1.29 is 9.13 Å². The fraction of sp³-hybridized carbons (Fsp3) is 0.538. The molecule has 1 N–H and O–H groups in total. The quantitative estimate of drug-likeness (QED) is 0.832. The Labute approximate surface area is 95.8 Å². The average molecular weight is 223 g/mol. The lowest BCUT2D eigenvalue weighted by atomic mass is 9.91. The third-order valence-corrected chi connectivity index (χ3v) is 2.88. The molecule has 0 spiro atoms. The highest BCUT2D eigenvalue weighted by atomic mass is 19.1. The van der Waals surface area contributed by atoms with Gasteiger partial charge in [0.1, 0.15) is 5.67 Å². The number of morpholine rings is 1. The van der Waals surface area contributed by atoms with E-state index in [1.165, 1.54) is 0 Å². The van der Waals surface area contributed by atoms with Crippen LogP contribution in [0, 0.1) is 0 Å². The summed E-state index contributed by atoms with van der Waals surface area (Å²) in [7, 11) is 0. The van der Waals surface area contributed by atoms with Gasteiger partial charge in [0.25, 0.3) is 0 Å². The molecule has 3 heteroatoms. The molecule has 0 aliphatic carbocycles. The smallest absolute Gasteiger partial charge is 0.130 e. The van der Waals surface area contributed by atoms with E-state index >= 15 is 0 Å². The van der Waals surface area contributed by atoms with Gasteiger partial charge < -0.3 is 10.1 Å². The van der Waals surface area contributed by atoms with Gasteiger partial charge in [-0.2, -0.15) is 0 Å². The second-order valence-electron chi connectivity index (χ2n) is 4.62. The van der Waals surface area contributed by atoms with Gasteiger partial charge in [0.15, 0.2) is 0 Å². The minimum atomic E-state index is -1.32. The van der Waals surface area contributed by atoms with E-state index in [1.54, 1.807) is 13.8 Å². The maximum absolute atomic E-state index is 14.1. The van der Waals surface area contributed by atoms with Crippen molar-refractivity contribution in [3.05, 3.63) is 35.4 Å². The fourth-order valence-electron chi connectivity index (χ4n) is 2.08. The van der Waals surface area contributed by atoms with Crippen LogP contribution in [0.15, 0.2) is 24.3 Å². The van der Waals surface area contributed by atoms with Crippen molar-refractivity contribution in [2.24, 2.45) is 0 Å². The molecule has 1 unspecified atom stereocenters. The Kier molecular flexibility index (Phi) is 3.26. The van der Waals surface area contributed by atoms with Crippen molar-refractivity contribution in [2.45, 2.75) is 25.6 Å². The summed E-state index contributed by atoms with van der Waals surface area (Å²) in [6.45, 7) is 5.49. The number of ether oxygens (including phenoxy) is 1. The molecule has 1 atom stereocenters. The van der Waals surface area contributed by atoms with Gasteiger partial charge >= 0.3 is 0 Å². The zero-order valence-corrected chi connectivity index (χ0v) is 9.79. The van der Waals surface area contributed by atoms with Crippen LogP contribution in [0.5, 0.6) is 0 Å². The van der Waals surface area contributed by atoms with E-state index in [0.29, 0.717) is 6.61 Å². The first-order chi connectivity index (χ1) is 7.59. The Morgan fingerprint density at radius 2 is 2.12 bits per heavy atom. The van der Waals surface area contributed by atoms with Gasteiger partial charge in [-0.3, -0.25) is 0 Å². The first kappa shape index (κ1) is 11.6. The van der Waals surface area contributed by atoms with E-state index in [4.69, 9.17) is 4.74 Å². The molecular weight excluding hydrogens is 205 g/mol. The number of hydrogen-bond donors (Lipinski definition) is 1. The topological polar surface area (TPSA) is 21.3 Å². The second kappa shape index (κ2) is 4.52. The predicted octanol–water partition coefficient (Wildman–Crippen LogP) is 2.55. The highest BCUT2D eigenvalue weighted by molar-refractivity contribution is 5.33. The van der Waals surface area contributed by atoms with Crippen LogP contribution in [-0.4, -0.2) is 19.7 Å². The van der Waals surface area contributed by atoms with Gasteiger partial charge in [-0.05, 0) is 25.0 Å². The number of benzene rings is 1. The number of hydrogen-bond acceptors (Lipinski definition) is 2. The van der Waals surface area contributed by atoms with Crippen molar-refractivity contribution >= 4 is 0 Å². The van der Waals surface area contributed by atoms with Crippen LogP contribution in [0.1, 0.15) is 31.1 Å². The van der Waals surface area contributed by atoms with Crippen LogP contribution in [0.2, 0.25) is 0 Å². The maximum Gasteiger partial charge on any atom is 0.130 e. The standard InChI is InChI=1S/C13H18FNO/c1-13(2,14)11-6-4-3-5-10(11)12-9-15-7-8-16-12/h3-6,12,15H,7-9H2,1-2H3. The molecule has 0 amide bonds. The SMILES string of the molecule is CC(C)(F)c1ccccc1C1CNCCO1. The average Bonchev–Trinajstić information content (AvgIpc) is 2.29. The maximum atomic E-state index is 14.1. The van der Waals surface area contributed by atoms with Gasteiger partial charge in [-0.15, -0.1) is 0 Å². The highest BCUT2D eigenvalue weighted by Gasteiger charge is 2.26. The molecule has 1 aromatic rings. The Morgan fingerprint density at radius 1 is 1.38 bits per heavy atom. The molecule has 2 nitrogen and oxygen atoms in total. The predicted molar refractivity (Wildman–Crippen MR) is 62.1 cm³/mol. The first-order valence-electron chi connectivity index (χ1n) is 5.69. The molecule has 1 aromatic carbocycles. The number of halogens is 1. The third kappa shape index (κ3) is 2.42. The zero-order valence-electron chi connectivity index (χ0n) is 9.79. The third-order valence-electron chi connectivity index (χ3n) is 2.88. The van der Waals surface area contributed by atoms with Crippen molar-refractivity contribution in [2.75, 3.05) is 19.7 Å². The van der Waals surface area contributed by atoms with Gasteiger partial charge in [-0.1, -0.05) is 24.3 Å². The molecule has 88 valence electrons. The molecule has 0 radical (unpaired) electrons. The van der Waals surface area contributed by atoms with Gasteiger partial charge in [0.05, 0.1) is 12.7 Å². The Morgan fingerprint density at radius 3 is 2.75 bits per heavy atom. The summed E-state index contributed by atoms with van der Waals surface area (Å²) in [5.41, 5.74) is 0.364. The second-order valence-corrected chi connectivity index (χ2v) is 4.62. The summed E-state index contributed by atoms with van der Waals surface area (Å²) in [6, 6.07) is 7.60. The molecule has 1 heterocycles. The first-order valence-corrected chi connectivity index (χ1v) is 5.69. The van der Waals surface area contributed by atoms with Gasteiger partial charge in [-0.25, -0.2) is 4.39 Å². The van der Waals surface area contributed by atoms with E-state index in [2.05, 4.69) is 5.32 Å². The molecule has 0 bridgehead atoms. The summed E-state index contributed by atoms with van der Waals surface area (Å²) in [5.74, 6) is 0. The monoisotopic (exact) mass is 223 g/mol. The molecule has 0 saturated carbocycles. The van der Waals surface area contributed by atoms with E-state index < -0.39 is 5.67 Å². The summed E-state index contributed by atoms with van der Waals surface area (Å²) >= 11 is 0. The molecule has 1 aliphatic heterocycles. The van der Waals surface area contributed by atoms with Gasteiger partial charge in [0.2, 0.25) is 0 Å². The van der Waals surface area contributed by atoms with Crippen molar-refractivity contribution in [3.63, 3.8) is 0 Å². The number of nitrogens with one attached hydrogen (secondary N) is 1. The van der Waals surface area contributed by atoms with E-state index in [-0.39, 0.29) is 6.10 Å². The van der Waals surface area contributed by atoms with Crippen LogP contribution in [0.25, 0.3) is 0 Å². The fourth-order valence-corrected chi connectivity index (χ4v) is 2.08.